The highest BCUT2D eigenvalue weighted by molar-refractivity contribution is 6.30. The molecule has 3 aromatic carbocycles. The number of nitrogens with zero attached hydrogens (tertiary/aromatic N) is 2. The Morgan fingerprint density at radius 2 is 1.61 bits per heavy atom. The zero-order valence-electron chi connectivity index (χ0n) is 18.7. The first kappa shape index (κ1) is 22.7. The lowest BCUT2D eigenvalue weighted by Crippen LogP contribution is -2.37. The number of benzene rings is 3. The zero-order valence-corrected chi connectivity index (χ0v) is 19.4. The van der Waals surface area contributed by atoms with Crippen molar-refractivity contribution < 1.29 is 4.79 Å². The van der Waals surface area contributed by atoms with Gasteiger partial charge < -0.3 is 9.88 Å². The number of hydrogen-bond acceptors (Lipinski definition) is 3. The Morgan fingerprint density at radius 3 is 2.30 bits per heavy atom. The van der Waals surface area contributed by atoms with Crippen molar-refractivity contribution in [2.24, 2.45) is 5.92 Å². The molecule has 168 valence electrons. The van der Waals surface area contributed by atoms with Crippen LogP contribution < -0.4 is 5.56 Å². The van der Waals surface area contributed by atoms with Crippen molar-refractivity contribution in [2.75, 3.05) is 0 Å². The van der Waals surface area contributed by atoms with Crippen LogP contribution in [0.25, 0.3) is 10.9 Å². The van der Waals surface area contributed by atoms with Crippen LogP contribution in [0.5, 0.6) is 0 Å². The van der Waals surface area contributed by atoms with Gasteiger partial charge in [-0.25, -0.2) is 4.98 Å². The fourth-order valence-electron chi connectivity index (χ4n) is 4.09. The fraction of sp³-hybridized carbons (Fsp3) is 0.222. The summed E-state index contributed by atoms with van der Waals surface area (Å²) < 4.78 is 0. The second-order valence-electron chi connectivity index (χ2n) is 8.48. The van der Waals surface area contributed by atoms with Gasteiger partial charge in [-0.3, -0.25) is 9.59 Å². The molecule has 4 rings (SSSR count). The number of fused-ring (bicyclic) bond motifs is 1. The number of halogens is 1. The standard InChI is InChI=1S/C27H26ClN3O2/c1-18(2)25(20-12-14-21(28)15-13-20)27(33)31(16-19-8-4-3-5-9-19)17-24-29-23-11-7-6-10-22(23)26(32)30-24/h3-15,18,25H,16-17H2,1-2H3,(H,29,30,32). The minimum atomic E-state index is -0.349. The number of nitrogens with one attached hydrogen (secondary N) is 1. The predicted octanol–water partition coefficient (Wildman–Crippen LogP) is 5.55. The van der Waals surface area contributed by atoms with E-state index in [2.05, 4.69) is 9.97 Å². The highest BCUT2D eigenvalue weighted by atomic mass is 35.5. The molecule has 0 saturated heterocycles. The maximum atomic E-state index is 13.9. The van der Waals surface area contributed by atoms with E-state index in [0.29, 0.717) is 28.3 Å². The number of rotatable bonds is 7. The molecule has 0 fully saturated rings. The number of amides is 1. The lowest BCUT2D eigenvalue weighted by molar-refractivity contribution is -0.135. The van der Waals surface area contributed by atoms with Crippen LogP contribution in [-0.2, 0) is 17.9 Å². The lowest BCUT2D eigenvalue weighted by atomic mass is 9.87. The highest BCUT2D eigenvalue weighted by Gasteiger charge is 2.29. The minimum Gasteiger partial charge on any atom is -0.330 e. The molecule has 1 heterocycles. The summed E-state index contributed by atoms with van der Waals surface area (Å²) in [6.45, 7) is 4.68. The van der Waals surface area contributed by atoms with E-state index in [1.165, 1.54) is 0 Å². The van der Waals surface area contributed by atoms with Gasteiger partial charge in [0.1, 0.15) is 5.82 Å². The zero-order chi connectivity index (χ0) is 23.4. The van der Waals surface area contributed by atoms with E-state index in [-0.39, 0.29) is 29.8 Å². The summed E-state index contributed by atoms with van der Waals surface area (Å²) in [5, 5.41) is 1.16. The maximum Gasteiger partial charge on any atom is 0.258 e. The number of aromatic nitrogens is 2. The molecule has 1 unspecified atom stereocenters. The number of carbonyl (C=O) groups excluding carboxylic acids is 1. The Kier molecular flexibility index (Phi) is 6.90. The maximum absolute atomic E-state index is 13.9. The summed E-state index contributed by atoms with van der Waals surface area (Å²) >= 11 is 6.08. The molecule has 6 heteroatoms. The molecule has 0 aliphatic carbocycles. The Morgan fingerprint density at radius 1 is 0.939 bits per heavy atom. The van der Waals surface area contributed by atoms with Crippen LogP contribution >= 0.6 is 11.6 Å². The van der Waals surface area contributed by atoms with Gasteiger partial charge in [-0.05, 0) is 41.3 Å². The lowest BCUT2D eigenvalue weighted by Gasteiger charge is -2.29. The Balaban J connectivity index is 1.71. The van der Waals surface area contributed by atoms with Crippen molar-refractivity contribution in [1.82, 2.24) is 14.9 Å². The number of H-pyrrole nitrogens is 1. The number of para-hydroxylation sites is 1. The van der Waals surface area contributed by atoms with Gasteiger partial charge in [-0.15, -0.1) is 0 Å². The van der Waals surface area contributed by atoms with E-state index >= 15 is 0 Å². The third-order valence-corrected chi connectivity index (χ3v) is 5.94. The number of hydrogen-bond donors (Lipinski definition) is 1. The van der Waals surface area contributed by atoms with Gasteiger partial charge in [-0.1, -0.05) is 80.0 Å². The molecule has 1 amide bonds. The number of carbonyl (C=O) groups is 1. The second-order valence-corrected chi connectivity index (χ2v) is 8.92. The molecule has 0 radical (unpaired) electrons. The topological polar surface area (TPSA) is 66.1 Å². The van der Waals surface area contributed by atoms with Crippen molar-refractivity contribution in [3.05, 3.63) is 111 Å². The first-order valence-electron chi connectivity index (χ1n) is 11.0. The Bertz CT molecular complexity index is 1300. The van der Waals surface area contributed by atoms with E-state index in [1.54, 1.807) is 11.0 Å². The second kappa shape index (κ2) is 10.0. The molecule has 4 aromatic rings. The smallest absolute Gasteiger partial charge is 0.258 e. The van der Waals surface area contributed by atoms with Crippen molar-refractivity contribution in [2.45, 2.75) is 32.9 Å². The molecule has 33 heavy (non-hydrogen) atoms. The molecule has 0 aliphatic rings. The Hall–Kier alpha value is -3.44. The van der Waals surface area contributed by atoms with Gasteiger partial charge >= 0.3 is 0 Å². The molecular formula is C27H26ClN3O2. The summed E-state index contributed by atoms with van der Waals surface area (Å²) in [5.74, 6) is 0.160. The van der Waals surface area contributed by atoms with E-state index in [0.717, 1.165) is 11.1 Å². The first-order valence-corrected chi connectivity index (χ1v) is 11.4. The number of aromatic amines is 1. The molecule has 0 saturated carbocycles. The van der Waals surface area contributed by atoms with Gasteiger partial charge in [0.2, 0.25) is 5.91 Å². The van der Waals surface area contributed by atoms with Crippen LogP contribution in [0.3, 0.4) is 0 Å². The van der Waals surface area contributed by atoms with Crippen molar-refractivity contribution in [3.63, 3.8) is 0 Å². The van der Waals surface area contributed by atoms with Crippen LogP contribution in [0, 0.1) is 5.92 Å². The summed E-state index contributed by atoms with van der Waals surface area (Å²) in [7, 11) is 0. The third-order valence-electron chi connectivity index (χ3n) is 5.69. The molecule has 0 spiro atoms. The average Bonchev–Trinajstić information content (AvgIpc) is 2.80. The van der Waals surface area contributed by atoms with Gasteiger partial charge in [0.15, 0.2) is 0 Å². The van der Waals surface area contributed by atoms with Crippen molar-refractivity contribution >= 4 is 28.4 Å². The third kappa shape index (κ3) is 5.32. The summed E-state index contributed by atoms with van der Waals surface area (Å²) in [5.41, 5.74) is 2.33. The van der Waals surface area contributed by atoms with E-state index in [9.17, 15) is 9.59 Å². The normalized spacial score (nSPS) is 12.1. The van der Waals surface area contributed by atoms with E-state index in [4.69, 9.17) is 11.6 Å². The van der Waals surface area contributed by atoms with Crippen LogP contribution in [-0.4, -0.2) is 20.8 Å². The average molecular weight is 460 g/mol. The largest absolute Gasteiger partial charge is 0.330 e. The summed E-state index contributed by atoms with van der Waals surface area (Å²) in [6, 6.07) is 24.5. The quantitative estimate of drug-likeness (QED) is 0.394. The van der Waals surface area contributed by atoms with Crippen LogP contribution in [0.15, 0.2) is 83.7 Å². The van der Waals surface area contributed by atoms with Crippen molar-refractivity contribution in [3.8, 4) is 0 Å². The van der Waals surface area contributed by atoms with Crippen LogP contribution in [0.1, 0.15) is 36.7 Å². The van der Waals surface area contributed by atoms with Crippen LogP contribution in [0.4, 0.5) is 0 Å². The molecular weight excluding hydrogens is 434 g/mol. The molecule has 1 atom stereocenters. The molecule has 0 aliphatic heterocycles. The van der Waals surface area contributed by atoms with Gasteiger partial charge in [0.05, 0.1) is 23.4 Å². The molecule has 1 aromatic heterocycles. The SMILES string of the molecule is CC(C)C(C(=O)N(Cc1ccccc1)Cc1nc2ccccc2c(=O)[nH]1)c1ccc(Cl)cc1. The Labute approximate surface area is 198 Å². The molecule has 1 N–H and O–H groups in total. The predicted molar refractivity (Wildman–Crippen MR) is 132 cm³/mol. The van der Waals surface area contributed by atoms with Crippen LogP contribution in [0.2, 0.25) is 5.02 Å². The summed E-state index contributed by atoms with van der Waals surface area (Å²) in [4.78, 5) is 35.7. The highest BCUT2D eigenvalue weighted by Crippen LogP contribution is 2.29. The monoisotopic (exact) mass is 459 g/mol. The van der Waals surface area contributed by atoms with E-state index in [1.807, 2.05) is 86.6 Å². The fourth-order valence-corrected chi connectivity index (χ4v) is 4.21. The van der Waals surface area contributed by atoms with Gasteiger partial charge in [0.25, 0.3) is 5.56 Å². The molecule has 5 nitrogen and oxygen atoms in total. The minimum absolute atomic E-state index is 0.0213. The van der Waals surface area contributed by atoms with E-state index < -0.39 is 0 Å². The molecule has 0 bridgehead atoms. The van der Waals surface area contributed by atoms with Crippen molar-refractivity contribution in [1.29, 1.82) is 0 Å². The first-order chi connectivity index (χ1) is 15.9. The van der Waals surface area contributed by atoms with Gasteiger partial charge in [0, 0.05) is 11.6 Å². The summed E-state index contributed by atoms with van der Waals surface area (Å²) in [6.07, 6.45) is 0. The van der Waals surface area contributed by atoms with Gasteiger partial charge in [-0.2, -0.15) is 0 Å².